The van der Waals surface area contributed by atoms with E-state index in [2.05, 4.69) is 31.0 Å². The zero-order valence-corrected chi connectivity index (χ0v) is 14.7. The van der Waals surface area contributed by atoms with Gasteiger partial charge in [0.1, 0.15) is 0 Å². The van der Waals surface area contributed by atoms with Crippen molar-refractivity contribution in [1.29, 1.82) is 0 Å². The van der Waals surface area contributed by atoms with Crippen LogP contribution in [0.3, 0.4) is 0 Å². The van der Waals surface area contributed by atoms with E-state index in [1.807, 2.05) is 7.11 Å². The van der Waals surface area contributed by atoms with Gasteiger partial charge in [0.05, 0.1) is 0 Å². The van der Waals surface area contributed by atoms with Gasteiger partial charge in [0.25, 0.3) is 0 Å². The van der Waals surface area contributed by atoms with Gasteiger partial charge in [0, 0.05) is 44.4 Å². The fourth-order valence-electron chi connectivity index (χ4n) is 4.28. The lowest BCUT2D eigenvalue weighted by molar-refractivity contribution is 0.0119. The van der Waals surface area contributed by atoms with Crippen molar-refractivity contribution in [3.05, 3.63) is 0 Å². The largest absolute Gasteiger partial charge is 0.385 e. The quantitative estimate of drug-likeness (QED) is 0.812. The van der Waals surface area contributed by atoms with Crippen LogP contribution in [0.2, 0.25) is 0 Å². The third kappa shape index (κ3) is 4.67. The molecule has 0 aromatic carbocycles. The van der Waals surface area contributed by atoms with Crippen molar-refractivity contribution in [3.63, 3.8) is 0 Å². The van der Waals surface area contributed by atoms with Gasteiger partial charge in [-0.1, -0.05) is 33.1 Å². The summed E-state index contributed by atoms with van der Waals surface area (Å²) < 4.78 is 5.31. The van der Waals surface area contributed by atoms with Crippen LogP contribution in [0, 0.1) is 5.92 Å². The zero-order valence-electron chi connectivity index (χ0n) is 14.7. The van der Waals surface area contributed by atoms with E-state index in [0.717, 1.165) is 18.9 Å². The molecule has 0 amide bonds. The van der Waals surface area contributed by atoms with Gasteiger partial charge in [-0.05, 0) is 38.5 Å². The van der Waals surface area contributed by atoms with Gasteiger partial charge >= 0.3 is 0 Å². The number of methoxy groups -OCH3 is 1. The molecule has 0 bridgehead atoms. The zero-order chi connectivity index (χ0) is 15.3. The van der Waals surface area contributed by atoms with Crippen LogP contribution in [0.15, 0.2) is 0 Å². The molecule has 1 aliphatic carbocycles. The first-order chi connectivity index (χ1) is 10.1. The summed E-state index contributed by atoms with van der Waals surface area (Å²) >= 11 is 0. The topological polar surface area (TPSA) is 24.5 Å². The highest BCUT2D eigenvalue weighted by Crippen LogP contribution is 2.34. The monoisotopic (exact) mass is 296 g/mol. The average Bonchev–Trinajstić information content (AvgIpc) is 2.47. The van der Waals surface area contributed by atoms with E-state index in [1.165, 1.54) is 51.6 Å². The van der Waals surface area contributed by atoms with E-state index in [9.17, 15) is 0 Å². The van der Waals surface area contributed by atoms with E-state index >= 15 is 0 Å². The van der Waals surface area contributed by atoms with E-state index in [4.69, 9.17) is 4.74 Å². The summed E-state index contributed by atoms with van der Waals surface area (Å²) in [6, 6.07) is 1.33. The number of nitrogens with one attached hydrogen (secondary N) is 1. The molecule has 1 spiro atoms. The molecular weight excluding hydrogens is 260 g/mol. The second kappa shape index (κ2) is 7.94. The lowest BCUT2D eigenvalue weighted by atomic mass is 9.78. The summed E-state index contributed by atoms with van der Waals surface area (Å²) in [6.07, 6.45) is 9.44. The molecule has 1 N–H and O–H groups in total. The maximum Gasteiger partial charge on any atom is 0.0477 e. The molecule has 0 aromatic rings. The van der Waals surface area contributed by atoms with Crippen LogP contribution in [0.5, 0.6) is 0 Å². The average molecular weight is 296 g/mol. The summed E-state index contributed by atoms with van der Waals surface area (Å²) in [4.78, 5) is 2.81. The SMILES string of the molecule is COCCC(C)N1CC2(CCCCC2)NCC1CC(C)C. The first kappa shape index (κ1) is 17.2. The van der Waals surface area contributed by atoms with Crippen molar-refractivity contribution in [2.75, 3.05) is 26.8 Å². The molecule has 1 saturated heterocycles. The van der Waals surface area contributed by atoms with E-state index in [-0.39, 0.29) is 0 Å². The van der Waals surface area contributed by atoms with Gasteiger partial charge in [0.15, 0.2) is 0 Å². The third-order valence-electron chi connectivity index (χ3n) is 5.53. The van der Waals surface area contributed by atoms with Crippen molar-refractivity contribution >= 4 is 0 Å². The van der Waals surface area contributed by atoms with Crippen LogP contribution in [0.4, 0.5) is 0 Å². The second-order valence-corrected chi connectivity index (χ2v) is 7.81. The Labute approximate surface area is 131 Å². The highest BCUT2D eigenvalue weighted by Gasteiger charge is 2.41. The molecule has 3 heteroatoms. The van der Waals surface area contributed by atoms with Crippen LogP contribution >= 0.6 is 0 Å². The number of ether oxygens (including phenoxy) is 1. The predicted octanol–water partition coefficient (Wildman–Crippen LogP) is 3.43. The molecule has 2 fully saturated rings. The number of nitrogens with zero attached hydrogens (tertiary/aromatic N) is 1. The van der Waals surface area contributed by atoms with Crippen LogP contribution in [0.25, 0.3) is 0 Å². The van der Waals surface area contributed by atoms with Gasteiger partial charge in [-0.3, -0.25) is 4.90 Å². The number of hydrogen-bond donors (Lipinski definition) is 1. The molecule has 1 saturated carbocycles. The minimum absolute atomic E-state index is 0.410. The standard InChI is InChI=1S/C18H36N2O/c1-15(2)12-17-13-19-18(9-6-5-7-10-18)14-20(17)16(3)8-11-21-4/h15-17,19H,5-14H2,1-4H3. The van der Waals surface area contributed by atoms with Gasteiger partial charge in [-0.2, -0.15) is 0 Å². The smallest absolute Gasteiger partial charge is 0.0477 e. The Hall–Kier alpha value is -0.120. The number of hydrogen-bond acceptors (Lipinski definition) is 3. The first-order valence-corrected chi connectivity index (χ1v) is 9.06. The van der Waals surface area contributed by atoms with Crippen LogP contribution in [-0.2, 0) is 4.74 Å². The van der Waals surface area contributed by atoms with Crippen LogP contribution in [0.1, 0.15) is 65.7 Å². The van der Waals surface area contributed by atoms with E-state index in [0.29, 0.717) is 17.6 Å². The first-order valence-electron chi connectivity index (χ1n) is 9.06. The molecular formula is C18H36N2O. The maximum absolute atomic E-state index is 5.31. The molecule has 0 radical (unpaired) electrons. The van der Waals surface area contributed by atoms with Crippen molar-refractivity contribution in [2.24, 2.45) is 5.92 Å². The van der Waals surface area contributed by atoms with Gasteiger partial charge in [-0.25, -0.2) is 0 Å². The van der Waals surface area contributed by atoms with Crippen LogP contribution in [-0.4, -0.2) is 49.3 Å². The van der Waals surface area contributed by atoms with E-state index in [1.54, 1.807) is 0 Å². The minimum Gasteiger partial charge on any atom is -0.385 e. The Morgan fingerprint density at radius 2 is 1.90 bits per heavy atom. The second-order valence-electron chi connectivity index (χ2n) is 7.81. The van der Waals surface area contributed by atoms with Crippen molar-refractivity contribution in [1.82, 2.24) is 10.2 Å². The molecule has 1 heterocycles. The fraction of sp³-hybridized carbons (Fsp3) is 1.00. The van der Waals surface area contributed by atoms with Gasteiger partial charge in [0.2, 0.25) is 0 Å². The molecule has 21 heavy (non-hydrogen) atoms. The molecule has 2 rings (SSSR count). The highest BCUT2D eigenvalue weighted by molar-refractivity contribution is 5.01. The van der Waals surface area contributed by atoms with Crippen molar-refractivity contribution < 1.29 is 4.74 Å². The number of piperazine rings is 1. The Balaban J connectivity index is 2.03. The van der Waals surface area contributed by atoms with Crippen LogP contribution < -0.4 is 5.32 Å². The number of rotatable bonds is 6. The summed E-state index contributed by atoms with van der Waals surface area (Å²) in [6.45, 7) is 10.4. The third-order valence-corrected chi connectivity index (χ3v) is 5.53. The molecule has 2 aliphatic rings. The summed E-state index contributed by atoms with van der Waals surface area (Å²) in [5, 5.41) is 3.96. The van der Waals surface area contributed by atoms with Crippen molar-refractivity contribution in [2.45, 2.75) is 83.3 Å². The molecule has 3 nitrogen and oxygen atoms in total. The van der Waals surface area contributed by atoms with E-state index < -0.39 is 0 Å². The summed E-state index contributed by atoms with van der Waals surface area (Å²) in [5.74, 6) is 0.773. The lowest BCUT2D eigenvalue weighted by Gasteiger charge is -2.52. The molecule has 0 aromatic heterocycles. The Morgan fingerprint density at radius 3 is 2.52 bits per heavy atom. The minimum atomic E-state index is 0.410. The normalized spacial score (nSPS) is 28.1. The van der Waals surface area contributed by atoms with Gasteiger partial charge in [-0.15, -0.1) is 0 Å². The van der Waals surface area contributed by atoms with Gasteiger partial charge < -0.3 is 10.1 Å². The fourth-order valence-corrected chi connectivity index (χ4v) is 4.28. The Bertz CT molecular complexity index is 300. The molecule has 2 atom stereocenters. The summed E-state index contributed by atoms with van der Waals surface area (Å²) in [7, 11) is 1.82. The lowest BCUT2D eigenvalue weighted by Crippen LogP contribution is -2.66. The Kier molecular flexibility index (Phi) is 6.51. The highest BCUT2D eigenvalue weighted by atomic mass is 16.5. The summed E-state index contributed by atoms with van der Waals surface area (Å²) in [5.41, 5.74) is 0.410. The van der Waals surface area contributed by atoms with Crippen molar-refractivity contribution in [3.8, 4) is 0 Å². The molecule has 124 valence electrons. The Morgan fingerprint density at radius 1 is 1.19 bits per heavy atom. The maximum atomic E-state index is 5.31. The molecule has 2 unspecified atom stereocenters. The molecule has 1 aliphatic heterocycles. The predicted molar refractivity (Wildman–Crippen MR) is 89.7 cm³/mol.